The summed E-state index contributed by atoms with van der Waals surface area (Å²) in [7, 11) is 1.74. The van der Waals surface area contributed by atoms with Crippen molar-refractivity contribution in [2.24, 2.45) is 0 Å². The van der Waals surface area contributed by atoms with E-state index in [0.29, 0.717) is 16.4 Å². The molecule has 6 heteroatoms. The maximum absolute atomic E-state index is 12.3. The van der Waals surface area contributed by atoms with Gasteiger partial charge >= 0.3 is 0 Å². The molecule has 0 aliphatic rings. The van der Waals surface area contributed by atoms with Gasteiger partial charge in [0.1, 0.15) is 5.82 Å². The normalized spacial score (nSPS) is 10.6. The Labute approximate surface area is 130 Å². The largest absolute Gasteiger partial charge is 0.373 e. The van der Waals surface area contributed by atoms with Crippen LogP contribution in [0.2, 0.25) is 5.02 Å². The number of rotatable bonds is 3. The molecule has 1 aromatic carbocycles. The van der Waals surface area contributed by atoms with E-state index in [-0.39, 0.29) is 5.91 Å². The van der Waals surface area contributed by atoms with Gasteiger partial charge in [-0.15, -0.1) is 11.3 Å². The molecule has 3 rings (SSSR count). The molecule has 106 valence electrons. The first-order valence-corrected chi connectivity index (χ1v) is 7.55. The van der Waals surface area contributed by atoms with Crippen molar-refractivity contribution in [3.05, 3.63) is 52.5 Å². The summed E-state index contributed by atoms with van der Waals surface area (Å²) in [5.41, 5.74) is 1.13. The van der Waals surface area contributed by atoms with Crippen LogP contribution in [0.4, 0.5) is 11.5 Å². The van der Waals surface area contributed by atoms with E-state index in [1.165, 1.54) is 10.9 Å². The lowest BCUT2D eigenvalue weighted by Crippen LogP contribution is -2.13. The Morgan fingerprint density at radius 3 is 2.95 bits per heavy atom. The van der Waals surface area contributed by atoms with E-state index in [9.17, 15) is 4.79 Å². The average Bonchev–Trinajstić information content (AvgIpc) is 2.95. The SMILES string of the molecule is CNc1cc(C(=O)Nc2ccc3sccc3c2)c(Cl)cn1. The van der Waals surface area contributed by atoms with Gasteiger partial charge in [-0.05, 0) is 41.1 Å². The van der Waals surface area contributed by atoms with Crippen LogP contribution in [0.15, 0.2) is 41.9 Å². The molecule has 0 aliphatic carbocycles. The lowest BCUT2D eigenvalue weighted by atomic mass is 10.2. The molecule has 0 saturated carbocycles. The van der Waals surface area contributed by atoms with Gasteiger partial charge in [0.05, 0.1) is 10.6 Å². The zero-order valence-electron chi connectivity index (χ0n) is 11.2. The minimum atomic E-state index is -0.256. The Bertz CT molecular complexity index is 816. The number of aromatic nitrogens is 1. The Morgan fingerprint density at radius 1 is 1.29 bits per heavy atom. The predicted octanol–water partition coefficient (Wildman–Crippen LogP) is 4.24. The number of pyridine rings is 1. The number of nitrogens with zero attached hydrogens (tertiary/aromatic N) is 1. The van der Waals surface area contributed by atoms with Crippen molar-refractivity contribution in [1.82, 2.24) is 4.98 Å². The van der Waals surface area contributed by atoms with Crippen molar-refractivity contribution in [2.75, 3.05) is 17.7 Å². The van der Waals surface area contributed by atoms with E-state index in [1.807, 2.05) is 29.6 Å². The van der Waals surface area contributed by atoms with Crippen LogP contribution in [0.1, 0.15) is 10.4 Å². The fraction of sp³-hybridized carbons (Fsp3) is 0.0667. The third-order valence-electron chi connectivity index (χ3n) is 3.07. The number of amides is 1. The van der Waals surface area contributed by atoms with Crippen molar-refractivity contribution >= 4 is 50.4 Å². The minimum Gasteiger partial charge on any atom is -0.373 e. The number of carbonyl (C=O) groups excluding carboxylic acids is 1. The minimum absolute atomic E-state index is 0.256. The highest BCUT2D eigenvalue weighted by molar-refractivity contribution is 7.17. The highest BCUT2D eigenvalue weighted by Gasteiger charge is 2.12. The molecule has 0 aliphatic heterocycles. The molecule has 4 nitrogen and oxygen atoms in total. The Balaban J connectivity index is 1.88. The first kappa shape index (κ1) is 13.9. The third kappa shape index (κ3) is 2.84. The van der Waals surface area contributed by atoms with Crippen LogP contribution >= 0.6 is 22.9 Å². The molecule has 0 fully saturated rings. The van der Waals surface area contributed by atoms with E-state index < -0.39 is 0 Å². The topological polar surface area (TPSA) is 54.0 Å². The summed E-state index contributed by atoms with van der Waals surface area (Å²) in [5, 5.41) is 9.20. The molecule has 2 aromatic heterocycles. The highest BCUT2D eigenvalue weighted by atomic mass is 35.5. The average molecular weight is 318 g/mol. The summed E-state index contributed by atoms with van der Waals surface area (Å²) in [5.74, 6) is 0.339. The Morgan fingerprint density at radius 2 is 2.14 bits per heavy atom. The maximum atomic E-state index is 12.3. The van der Waals surface area contributed by atoms with Gasteiger partial charge in [0.25, 0.3) is 5.91 Å². The fourth-order valence-corrected chi connectivity index (χ4v) is 2.95. The summed E-state index contributed by atoms with van der Waals surface area (Å²) in [6, 6.07) is 9.46. The summed E-state index contributed by atoms with van der Waals surface area (Å²) >= 11 is 7.71. The summed E-state index contributed by atoms with van der Waals surface area (Å²) in [6.45, 7) is 0. The first-order chi connectivity index (χ1) is 10.2. The Hall–Kier alpha value is -2.11. The molecule has 2 heterocycles. The lowest BCUT2D eigenvalue weighted by molar-refractivity contribution is 0.102. The number of halogens is 1. The fourth-order valence-electron chi connectivity index (χ4n) is 1.99. The highest BCUT2D eigenvalue weighted by Crippen LogP contribution is 2.25. The smallest absolute Gasteiger partial charge is 0.257 e. The second-order valence-corrected chi connectivity index (χ2v) is 5.78. The van der Waals surface area contributed by atoms with E-state index >= 15 is 0 Å². The van der Waals surface area contributed by atoms with Gasteiger partial charge in [0.15, 0.2) is 0 Å². The lowest BCUT2D eigenvalue weighted by Gasteiger charge is -2.08. The van der Waals surface area contributed by atoms with Crippen molar-refractivity contribution in [2.45, 2.75) is 0 Å². The number of benzene rings is 1. The number of anilines is 2. The summed E-state index contributed by atoms with van der Waals surface area (Å²) in [4.78, 5) is 16.4. The first-order valence-electron chi connectivity index (χ1n) is 6.29. The van der Waals surface area contributed by atoms with Crippen LogP contribution in [0.25, 0.3) is 10.1 Å². The standard InChI is InChI=1S/C15H12ClN3OS/c1-17-14-7-11(12(16)8-18-14)15(20)19-10-2-3-13-9(6-10)4-5-21-13/h2-8H,1H3,(H,17,18)(H,19,20). The van der Waals surface area contributed by atoms with Crippen LogP contribution in [0, 0.1) is 0 Å². The molecule has 0 spiro atoms. The number of hydrogen-bond acceptors (Lipinski definition) is 4. The van der Waals surface area contributed by atoms with Gasteiger partial charge in [-0.2, -0.15) is 0 Å². The monoisotopic (exact) mass is 317 g/mol. The number of thiophene rings is 1. The Kier molecular flexibility index (Phi) is 3.77. The molecule has 0 bridgehead atoms. The van der Waals surface area contributed by atoms with Crippen molar-refractivity contribution in [3.63, 3.8) is 0 Å². The molecule has 0 saturated heterocycles. The van der Waals surface area contributed by atoms with E-state index in [4.69, 9.17) is 11.6 Å². The van der Waals surface area contributed by atoms with Crippen LogP contribution in [-0.4, -0.2) is 17.9 Å². The second kappa shape index (κ2) is 5.71. The van der Waals surface area contributed by atoms with Crippen LogP contribution < -0.4 is 10.6 Å². The van der Waals surface area contributed by atoms with Crippen molar-refractivity contribution in [1.29, 1.82) is 0 Å². The molecule has 3 aromatic rings. The number of nitrogens with one attached hydrogen (secondary N) is 2. The molecule has 0 radical (unpaired) electrons. The zero-order chi connectivity index (χ0) is 14.8. The molecule has 21 heavy (non-hydrogen) atoms. The molecular formula is C15H12ClN3OS. The van der Waals surface area contributed by atoms with Gasteiger partial charge in [-0.1, -0.05) is 11.6 Å². The van der Waals surface area contributed by atoms with E-state index in [2.05, 4.69) is 15.6 Å². The molecule has 0 unspecified atom stereocenters. The third-order valence-corrected chi connectivity index (χ3v) is 4.27. The van der Waals surface area contributed by atoms with Gasteiger partial charge in [0.2, 0.25) is 0 Å². The van der Waals surface area contributed by atoms with Crippen LogP contribution in [0.5, 0.6) is 0 Å². The van der Waals surface area contributed by atoms with Crippen molar-refractivity contribution in [3.8, 4) is 0 Å². The molecule has 1 amide bonds. The van der Waals surface area contributed by atoms with E-state index in [1.54, 1.807) is 24.5 Å². The number of hydrogen-bond donors (Lipinski definition) is 2. The zero-order valence-corrected chi connectivity index (χ0v) is 12.8. The summed E-state index contributed by atoms with van der Waals surface area (Å²) < 4.78 is 1.19. The molecule has 0 atom stereocenters. The van der Waals surface area contributed by atoms with Gasteiger partial charge in [-0.25, -0.2) is 4.98 Å². The second-order valence-electron chi connectivity index (χ2n) is 4.43. The number of fused-ring (bicyclic) bond motifs is 1. The predicted molar refractivity (Wildman–Crippen MR) is 88.6 cm³/mol. The quantitative estimate of drug-likeness (QED) is 0.759. The van der Waals surface area contributed by atoms with Gasteiger partial charge < -0.3 is 10.6 Å². The number of carbonyl (C=O) groups is 1. The van der Waals surface area contributed by atoms with Crippen LogP contribution in [0.3, 0.4) is 0 Å². The maximum Gasteiger partial charge on any atom is 0.257 e. The van der Waals surface area contributed by atoms with Crippen molar-refractivity contribution < 1.29 is 4.79 Å². The van der Waals surface area contributed by atoms with Crippen LogP contribution in [-0.2, 0) is 0 Å². The molecule has 2 N–H and O–H groups in total. The molecular weight excluding hydrogens is 306 g/mol. The van der Waals surface area contributed by atoms with Gasteiger partial charge in [0, 0.05) is 23.6 Å². The van der Waals surface area contributed by atoms with Gasteiger partial charge in [-0.3, -0.25) is 4.79 Å². The summed E-state index contributed by atoms with van der Waals surface area (Å²) in [6.07, 6.45) is 1.46. The van der Waals surface area contributed by atoms with E-state index in [0.717, 1.165) is 11.1 Å².